The Morgan fingerprint density at radius 2 is 2.05 bits per heavy atom. The molecule has 0 unspecified atom stereocenters. The summed E-state index contributed by atoms with van der Waals surface area (Å²) in [5, 5.41) is 8.80. The molecule has 0 aliphatic heterocycles. The Bertz CT molecular complexity index is 806. The van der Waals surface area contributed by atoms with Crippen LogP contribution >= 0.6 is 11.6 Å². The van der Waals surface area contributed by atoms with Gasteiger partial charge in [0, 0.05) is 11.9 Å². The third-order valence-corrected chi connectivity index (χ3v) is 4.55. The van der Waals surface area contributed by atoms with E-state index in [0.717, 1.165) is 0 Å². The number of aromatic nitrogens is 1. The number of sulfonamides is 1. The van der Waals surface area contributed by atoms with Crippen LogP contribution in [0.15, 0.2) is 41.4 Å². The number of nitrogens with one attached hydrogen (secondary N) is 1. The van der Waals surface area contributed by atoms with E-state index >= 15 is 0 Å². The van der Waals surface area contributed by atoms with Gasteiger partial charge in [0.2, 0.25) is 0 Å². The number of benzene rings is 1. The predicted octanol–water partition coefficient (Wildman–Crippen LogP) is 2.54. The van der Waals surface area contributed by atoms with Gasteiger partial charge in [-0.05, 0) is 42.8 Å². The van der Waals surface area contributed by atoms with Crippen molar-refractivity contribution < 1.29 is 18.3 Å². The van der Waals surface area contributed by atoms with Crippen LogP contribution in [-0.4, -0.2) is 24.5 Å². The first kappa shape index (κ1) is 15.3. The van der Waals surface area contributed by atoms with Gasteiger partial charge in [0.05, 0.1) is 5.56 Å². The lowest BCUT2D eigenvalue weighted by atomic mass is 10.1. The average molecular weight is 327 g/mol. The van der Waals surface area contributed by atoms with Crippen LogP contribution in [0.4, 0.5) is 5.69 Å². The van der Waals surface area contributed by atoms with Crippen molar-refractivity contribution in [2.24, 2.45) is 0 Å². The molecule has 0 amide bonds. The second kappa shape index (κ2) is 5.71. The zero-order chi connectivity index (χ0) is 15.6. The van der Waals surface area contributed by atoms with E-state index < -0.39 is 16.0 Å². The fourth-order valence-electron chi connectivity index (χ4n) is 1.75. The first-order chi connectivity index (χ1) is 9.81. The van der Waals surface area contributed by atoms with E-state index in [9.17, 15) is 13.2 Å². The van der Waals surface area contributed by atoms with Gasteiger partial charge in [-0.15, -0.1) is 0 Å². The fourth-order valence-corrected chi connectivity index (χ4v) is 3.25. The molecule has 2 N–H and O–H groups in total. The summed E-state index contributed by atoms with van der Waals surface area (Å²) in [7, 11) is -3.89. The number of nitrogens with zero attached hydrogens (tertiary/aromatic N) is 1. The van der Waals surface area contributed by atoms with Gasteiger partial charge < -0.3 is 5.11 Å². The molecule has 0 bridgehead atoms. The summed E-state index contributed by atoms with van der Waals surface area (Å²) in [5.74, 6) is -1.07. The molecule has 0 saturated carbocycles. The number of hydrogen-bond donors (Lipinski definition) is 2. The molecule has 1 aromatic carbocycles. The number of carbonyl (C=O) groups is 1. The van der Waals surface area contributed by atoms with Crippen LogP contribution < -0.4 is 4.72 Å². The minimum atomic E-state index is -3.89. The molecule has 110 valence electrons. The molecule has 1 aromatic heterocycles. The minimum absolute atomic E-state index is 0.109. The third-order valence-electron chi connectivity index (χ3n) is 2.72. The zero-order valence-corrected chi connectivity index (χ0v) is 12.4. The summed E-state index contributed by atoms with van der Waals surface area (Å²) >= 11 is 5.77. The Morgan fingerprint density at radius 1 is 1.33 bits per heavy atom. The van der Waals surface area contributed by atoms with Crippen molar-refractivity contribution in [3.05, 3.63) is 52.8 Å². The van der Waals surface area contributed by atoms with Gasteiger partial charge in [-0.3, -0.25) is 4.72 Å². The van der Waals surface area contributed by atoms with Gasteiger partial charge in [0.25, 0.3) is 10.0 Å². The van der Waals surface area contributed by atoms with E-state index in [1.165, 1.54) is 36.5 Å². The molecule has 0 saturated heterocycles. The van der Waals surface area contributed by atoms with Crippen molar-refractivity contribution in [2.45, 2.75) is 11.8 Å². The number of rotatable bonds is 4. The van der Waals surface area contributed by atoms with Gasteiger partial charge in [0.15, 0.2) is 0 Å². The first-order valence-corrected chi connectivity index (χ1v) is 7.64. The van der Waals surface area contributed by atoms with Crippen molar-refractivity contribution in [2.75, 3.05) is 4.72 Å². The SMILES string of the molecule is Cc1cc(NS(=O)(=O)c2cccnc2Cl)ccc1C(=O)O. The number of carboxylic acids is 1. The summed E-state index contributed by atoms with van der Waals surface area (Å²) in [6, 6.07) is 6.93. The molecule has 6 nitrogen and oxygen atoms in total. The number of hydrogen-bond acceptors (Lipinski definition) is 4. The highest BCUT2D eigenvalue weighted by molar-refractivity contribution is 7.92. The summed E-state index contributed by atoms with van der Waals surface area (Å²) in [6.07, 6.45) is 1.38. The Hall–Kier alpha value is -2.12. The van der Waals surface area contributed by atoms with Gasteiger partial charge in [-0.1, -0.05) is 11.6 Å². The van der Waals surface area contributed by atoms with Gasteiger partial charge >= 0.3 is 5.97 Å². The van der Waals surface area contributed by atoms with E-state index in [2.05, 4.69) is 9.71 Å². The van der Waals surface area contributed by atoms with Crippen molar-refractivity contribution in [1.29, 1.82) is 0 Å². The van der Waals surface area contributed by atoms with Crippen molar-refractivity contribution in [1.82, 2.24) is 4.98 Å². The van der Waals surface area contributed by atoms with Crippen molar-refractivity contribution in [3.8, 4) is 0 Å². The Balaban J connectivity index is 2.36. The topological polar surface area (TPSA) is 96.4 Å². The van der Waals surface area contributed by atoms with Crippen LogP contribution in [0.1, 0.15) is 15.9 Å². The van der Waals surface area contributed by atoms with Crippen LogP contribution in [0.5, 0.6) is 0 Å². The van der Waals surface area contributed by atoms with Crippen LogP contribution in [0, 0.1) is 6.92 Å². The smallest absolute Gasteiger partial charge is 0.335 e. The lowest BCUT2D eigenvalue weighted by Crippen LogP contribution is -2.14. The number of halogens is 1. The molecule has 8 heteroatoms. The normalized spacial score (nSPS) is 11.1. The number of pyridine rings is 1. The summed E-state index contributed by atoms with van der Waals surface area (Å²) in [4.78, 5) is 14.5. The van der Waals surface area contributed by atoms with Crippen LogP contribution in [0.25, 0.3) is 0 Å². The molecule has 0 aliphatic carbocycles. The Morgan fingerprint density at radius 3 is 2.62 bits per heavy atom. The highest BCUT2D eigenvalue weighted by Crippen LogP contribution is 2.22. The van der Waals surface area contributed by atoms with Crippen molar-refractivity contribution >= 4 is 33.3 Å². The molecule has 0 aliphatic rings. The maximum Gasteiger partial charge on any atom is 0.335 e. The maximum atomic E-state index is 12.2. The van der Waals surface area contributed by atoms with Crippen LogP contribution in [0.2, 0.25) is 5.15 Å². The number of carboxylic acid groups (broad SMARTS) is 1. The highest BCUT2D eigenvalue weighted by Gasteiger charge is 2.19. The van der Waals surface area contributed by atoms with E-state index in [0.29, 0.717) is 5.56 Å². The largest absolute Gasteiger partial charge is 0.478 e. The monoisotopic (exact) mass is 326 g/mol. The van der Waals surface area contributed by atoms with E-state index in [-0.39, 0.29) is 21.3 Å². The number of anilines is 1. The van der Waals surface area contributed by atoms with Gasteiger partial charge in [-0.25, -0.2) is 18.2 Å². The summed E-state index contributed by atoms with van der Waals surface area (Å²) in [6.45, 7) is 1.58. The number of aromatic carboxylic acids is 1. The Labute approximate surface area is 126 Å². The quantitative estimate of drug-likeness (QED) is 0.842. The molecule has 0 spiro atoms. The van der Waals surface area contributed by atoms with Crippen LogP contribution in [-0.2, 0) is 10.0 Å². The second-order valence-electron chi connectivity index (χ2n) is 4.23. The lowest BCUT2D eigenvalue weighted by Gasteiger charge is -2.10. The van der Waals surface area contributed by atoms with E-state index in [4.69, 9.17) is 16.7 Å². The lowest BCUT2D eigenvalue weighted by molar-refractivity contribution is 0.0696. The summed E-state index contributed by atoms with van der Waals surface area (Å²) in [5.41, 5.74) is 0.801. The third kappa shape index (κ3) is 3.32. The molecule has 1 heterocycles. The van der Waals surface area contributed by atoms with Crippen LogP contribution in [0.3, 0.4) is 0 Å². The Kier molecular flexibility index (Phi) is 4.15. The maximum absolute atomic E-state index is 12.2. The zero-order valence-electron chi connectivity index (χ0n) is 10.9. The second-order valence-corrected chi connectivity index (χ2v) is 6.24. The molecule has 0 radical (unpaired) electrons. The molecule has 21 heavy (non-hydrogen) atoms. The van der Waals surface area contributed by atoms with E-state index in [1.807, 2.05) is 0 Å². The number of aryl methyl sites for hydroxylation is 1. The fraction of sp³-hybridized carbons (Fsp3) is 0.0769. The van der Waals surface area contributed by atoms with Gasteiger partial charge in [0.1, 0.15) is 10.0 Å². The molecule has 0 atom stereocenters. The van der Waals surface area contributed by atoms with Crippen molar-refractivity contribution in [3.63, 3.8) is 0 Å². The molecule has 0 fully saturated rings. The predicted molar refractivity (Wildman–Crippen MR) is 78.2 cm³/mol. The molecule has 2 aromatic rings. The summed E-state index contributed by atoms with van der Waals surface area (Å²) < 4.78 is 26.7. The van der Waals surface area contributed by atoms with Gasteiger partial charge in [-0.2, -0.15) is 0 Å². The molecular weight excluding hydrogens is 316 g/mol. The minimum Gasteiger partial charge on any atom is -0.478 e. The highest BCUT2D eigenvalue weighted by atomic mass is 35.5. The van der Waals surface area contributed by atoms with E-state index in [1.54, 1.807) is 6.92 Å². The average Bonchev–Trinajstić information content (AvgIpc) is 2.38. The first-order valence-electron chi connectivity index (χ1n) is 5.78. The molecule has 2 rings (SSSR count). The molecular formula is C13H11ClN2O4S. The standard InChI is InChI=1S/C13H11ClN2O4S/c1-8-7-9(4-5-10(8)13(17)18)16-21(19,20)11-3-2-6-15-12(11)14/h2-7,16H,1H3,(H,17,18).